The monoisotopic (exact) mass is 287 g/mol. The molecule has 1 aromatic heterocycles. The molecule has 0 spiro atoms. The van der Waals surface area contributed by atoms with Crippen LogP contribution in [0.25, 0.3) is 0 Å². The maximum atomic E-state index is 5.57. The Hall–Kier alpha value is -0.880. The van der Waals surface area contributed by atoms with E-state index in [1.54, 1.807) is 19.5 Å². The molecule has 0 radical (unpaired) electrons. The summed E-state index contributed by atoms with van der Waals surface area (Å²) in [5, 5.41) is 0.834. The van der Waals surface area contributed by atoms with Gasteiger partial charge in [-0.25, -0.2) is 0 Å². The molecule has 0 bridgehead atoms. The van der Waals surface area contributed by atoms with E-state index in [4.69, 9.17) is 9.47 Å². The van der Waals surface area contributed by atoms with Crippen LogP contribution >= 0.6 is 15.9 Å². The highest BCUT2D eigenvalue weighted by Gasteiger charge is 2.20. The average molecular weight is 288 g/mol. The predicted octanol–water partition coefficient (Wildman–Crippen LogP) is 1.09. The third-order valence-corrected chi connectivity index (χ3v) is 3.17. The normalized spacial score (nSPS) is 20.9. The Labute approximate surface area is 103 Å². The lowest BCUT2D eigenvalue weighted by atomic mass is 10.3. The van der Waals surface area contributed by atoms with Crippen LogP contribution in [-0.4, -0.2) is 48.2 Å². The first-order chi connectivity index (χ1) is 7.83. The Morgan fingerprint density at radius 3 is 3.25 bits per heavy atom. The van der Waals surface area contributed by atoms with Crippen molar-refractivity contribution >= 4 is 21.7 Å². The molecule has 6 heteroatoms. The lowest BCUT2D eigenvalue weighted by molar-refractivity contribution is 0.0567. The molecule has 1 aliphatic rings. The van der Waals surface area contributed by atoms with Crippen molar-refractivity contribution in [3.05, 3.63) is 12.4 Å². The molecule has 1 atom stereocenters. The summed E-state index contributed by atoms with van der Waals surface area (Å²) in [6.45, 7) is 2.38. The molecule has 5 nitrogen and oxygen atoms in total. The number of ether oxygens (including phenoxy) is 2. The van der Waals surface area contributed by atoms with Crippen molar-refractivity contribution in [1.29, 1.82) is 0 Å². The van der Waals surface area contributed by atoms with E-state index in [1.807, 2.05) is 0 Å². The van der Waals surface area contributed by atoms with E-state index in [9.17, 15) is 0 Å². The first kappa shape index (κ1) is 11.6. The number of aromatic nitrogens is 2. The second-order valence-corrected chi connectivity index (χ2v) is 4.16. The first-order valence-electron chi connectivity index (χ1n) is 5.12. The van der Waals surface area contributed by atoms with Crippen LogP contribution in [0.4, 0.5) is 5.82 Å². The number of hydrogen-bond acceptors (Lipinski definition) is 5. The summed E-state index contributed by atoms with van der Waals surface area (Å²) in [6, 6.07) is 0. The van der Waals surface area contributed by atoms with Crippen LogP contribution in [0.15, 0.2) is 12.4 Å². The predicted molar refractivity (Wildman–Crippen MR) is 64.3 cm³/mol. The van der Waals surface area contributed by atoms with Gasteiger partial charge in [0.15, 0.2) is 5.82 Å². The number of anilines is 1. The molecular formula is C10H14BrN3O2. The molecule has 1 unspecified atom stereocenters. The molecule has 1 aromatic rings. The largest absolute Gasteiger partial charge is 0.480 e. The fourth-order valence-electron chi connectivity index (χ4n) is 1.61. The van der Waals surface area contributed by atoms with Crippen LogP contribution < -0.4 is 9.64 Å². The number of halogens is 1. The van der Waals surface area contributed by atoms with Gasteiger partial charge in [0, 0.05) is 18.4 Å². The number of methoxy groups -OCH3 is 1. The summed E-state index contributed by atoms with van der Waals surface area (Å²) >= 11 is 3.43. The van der Waals surface area contributed by atoms with Crippen LogP contribution in [0.5, 0.6) is 5.88 Å². The van der Waals surface area contributed by atoms with Gasteiger partial charge >= 0.3 is 0 Å². The molecule has 16 heavy (non-hydrogen) atoms. The highest BCUT2D eigenvalue weighted by molar-refractivity contribution is 9.09. The SMILES string of the molecule is COc1cncc(N2CCOC(CBr)C2)n1. The standard InChI is InChI=1S/C10H14BrN3O2/c1-15-10-6-12-5-9(13-10)14-2-3-16-8(4-11)7-14/h5-6,8H,2-4,7H2,1H3. The Morgan fingerprint density at radius 2 is 2.50 bits per heavy atom. The Balaban J connectivity index is 2.10. The topological polar surface area (TPSA) is 47.5 Å². The van der Waals surface area contributed by atoms with Crippen molar-refractivity contribution in [2.24, 2.45) is 0 Å². The molecule has 1 aliphatic heterocycles. The van der Waals surface area contributed by atoms with Crippen molar-refractivity contribution in [2.75, 3.05) is 37.0 Å². The molecule has 1 saturated heterocycles. The lowest BCUT2D eigenvalue weighted by Crippen LogP contribution is -2.43. The first-order valence-corrected chi connectivity index (χ1v) is 6.24. The maximum absolute atomic E-state index is 5.57. The Morgan fingerprint density at radius 1 is 1.62 bits per heavy atom. The van der Waals surface area contributed by atoms with Gasteiger partial charge in [-0.1, -0.05) is 15.9 Å². The molecule has 0 aromatic carbocycles. The molecule has 2 heterocycles. The van der Waals surface area contributed by atoms with Crippen LogP contribution in [0, 0.1) is 0 Å². The Kier molecular flexibility index (Phi) is 3.95. The molecular weight excluding hydrogens is 274 g/mol. The molecule has 2 rings (SSSR count). The second kappa shape index (κ2) is 5.45. The number of nitrogens with zero attached hydrogens (tertiary/aromatic N) is 3. The van der Waals surface area contributed by atoms with E-state index in [1.165, 1.54) is 0 Å². The summed E-state index contributed by atoms with van der Waals surface area (Å²) in [6.07, 6.45) is 3.56. The van der Waals surface area contributed by atoms with Crippen molar-refractivity contribution < 1.29 is 9.47 Å². The molecule has 88 valence electrons. The van der Waals surface area contributed by atoms with E-state index in [-0.39, 0.29) is 6.10 Å². The van der Waals surface area contributed by atoms with Gasteiger partial charge in [0.2, 0.25) is 5.88 Å². The minimum Gasteiger partial charge on any atom is -0.480 e. The second-order valence-electron chi connectivity index (χ2n) is 3.51. The quantitative estimate of drug-likeness (QED) is 0.779. The fraction of sp³-hybridized carbons (Fsp3) is 0.600. The van der Waals surface area contributed by atoms with Crippen molar-refractivity contribution in [1.82, 2.24) is 9.97 Å². The molecule has 0 N–H and O–H groups in total. The van der Waals surface area contributed by atoms with Crippen molar-refractivity contribution in [2.45, 2.75) is 6.10 Å². The summed E-state index contributed by atoms with van der Waals surface area (Å²) < 4.78 is 10.6. The number of alkyl halides is 1. The summed E-state index contributed by atoms with van der Waals surface area (Å²) in [7, 11) is 1.59. The van der Waals surface area contributed by atoms with E-state index < -0.39 is 0 Å². The Bertz CT molecular complexity index is 351. The van der Waals surface area contributed by atoms with Gasteiger partial charge in [-0.15, -0.1) is 0 Å². The van der Waals surface area contributed by atoms with Crippen LogP contribution in [0.3, 0.4) is 0 Å². The van der Waals surface area contributed by atoms with Gasteiger partial charge in [-0.05, 0) is 0 Å². The van der Waals surface area contributed by atoms with Gasteiger partial charge in [0.05, 0.1) is 32.2 Å². The molecule has 1 fully saturated rings. The number of morpholine rings is 1. The van der Waals surface area contributed by atoms with E-state index >= 15 is 0 Å². The van der Waals surface area contributed by atoms with E-state index in [2.05, 4.69) is 30.8 Å². The van der Waals surface area contributed by atoms with Gasteiger partial charge < -0.3 is 14.4 Å². The molecule has 0 aliphatic carbocycles. The number of hydrogen-bond donors (Lipinski definition) is 0. The third-order valence-electron chi connectivity index (χ3n) is 2.44. The fourth-order valence-corrected chi connectivity index (χ4v) is 2.00. The molecule has 0 amide bonds. The van der Waals surface area contributed by atoms with Gasteiger partial charge in [0.25, 0.3) is 0 Å². The smallest absolute Gasteiger partial charge is 0.233 e. The van der Waals surface area contributed by atoms with Crippen molar-refractivity contribution in [3.63, 3.8) is 0 Å². The van der Waals surface area contributed by atoms with Gasteiger partial charge in [0.1, 0.15) is 0 Å². The van der Waals surface area contributed by atoms with Crippen LogP contribution in [-0.2, 0) is 4.74 Å². The summed E-state index contributed by atoms with van der Waals surface area (Å²) in [5.41, 5.74) is 0. The lowest BCUT2D eigenvalue weighted by Gasteiger charge is -2.32. The van der Waals surface area contributed by atoms with Gasteiger partial charge in [-0.2, -0.15) is 4.98 Å². The third kappa shape index (κ3) is 2.62. The van der Waals surface area contributed by atoms with E-state index in [0.717, 1.165) is 30.8 Å². The minimum atomic E-state index is 0.210. The zero-order valence-electron chi connectivity index (χ0n) is 9.10. The van der Waals surface area contributed by atoms with E-state index in [0.29, 0.717) is 5.88 Å². The highest BCUT2D eigenvalue weighted by atomic mass is 79.9. The van der Waals surface area contributed by atoms with Crippen LogP contribution in [0.1, 0.15) is 0 Å². The molecule has 0 saturated carbocycles. The average Bonchev–Trinajstić information content (AvgIpc) is 2.39. The highest BCUT2D eigenvalue weighted by Crippen LogP contribution is 2.17. The van der Waals surface area contributed by atoms with Gasteiger partial charge in [-0.3, -0.25) is 4.98 Å². The number of rotatable bonds is 3. The zero-order valence-corrected chi connectivity index (χ0v) is 10.7. The summed E-state index contributed by atoms with van der Waals surface area (Å²) in [5.74, 6) is 1.38. The minimum absolute atomic E-state index is 0.210. The maximum Gasteiger partial charge on any atom is 0.233 e. The zero-order chi connectivity index (χ0) is 11.4. The van der Waals surface area contributed by atoms with Crippen molar-refractivity contribution in [3.8, 4) is 5.88 Å². The van der Waals surface area contributed by atoms with Crippen LogP contribution in [0.2, 0.25) is 0 Å². The summed E-state index contributed by atoms with van der Waals surface area (Å²) in [4.78, 5) is 10.6.